The molecule has 0 aliphatic carbocycles. The maximum absolute atomic E-state index is 2.27. The topological polar surface area (TPSA) is 0 Å². The summed E-state index contributed by atoms with van der Waals surface area (Å²) in [5.74, 6) is 0. The van der Waals surface area contributed by atoms with E-state index in [-0.39, 0.29) is 8.41 Å². The van der Waals surface area contributed by atoms with E-state index in [1.807, 2.05) is 0 Å². The van der Waals surface area contributed by atoms with E-state index < -0.39 is 0 Å². The summed E-state index contributed by atoms with van der Waals surface area (Å²) < 4.78 is 0. The van der Waals surface area contributed by atoms with Gasteiger partial charge in [-0.25, -0.2) is 0 Å². The normalized spacial score (nSPS) is 9.00. The van der Waals surface area contributed by atoms with Crippen LogP contribution in [0.15, 0.2) is 0 Å². The molecule has 0 heterocycles. The summed E-state index contributed by atoms with van der Waals surface area (Å²) in [4.78, 5) is 0. The third-order valence-corrected chi connectivity index (χ3v) is 2.83. The Morgan fingerprint density at radius 1 is 0.900 bits per heavy atom. The molecule has 0 aromatic carbocycles. The molecule has 0 saturated heterocycles. The van der Waals surface area contributed by atoms with Crippen molar-refractivity contribution < 1.29 is 0 Å². The standard InChI is InChI=1S/C8H19P.B/c1-3-5-7-9-8-6-4-2;/h9H,3-8H2,1-2H3;. The molecule has 0 aliphatic heterocycles. The Morgan fingerprint density at radius 3 is 1.60 bits per heavy atom. The molecule has 0 rings (SSSR count). The molecule has 0 aliphatic rings. The highest BCUT2D eigenvalue weighted by molar-refractivity contribution is 7.37. The SMILES string of the molecule is CCCCPCCCC.[B]. The first kappa shape index (κ1) is 13.1. The van der Waals surface area contributed by atoms with Gasteiger partial charge in [-0.1, -0.05) is 26.7 Å². The second kappa shape index (κ2) is 12.2. The largest absolute Gasteiger partial charge is 0.122 e. The second-order valence-corrected chi connectivity index (χ2v) is 3.96. The van der Waals surface area contributed by atoms with Crippen LogP contribution in [-0.4, -0.2) is 20.7 Å². The molecule has 2 heteroatoms. The van der Waals surface area contributed by atoms with E-state index >= 15 is 0 Å². The molecule has 0 atom stereocenters. The van der Waals surface area contributed by atoms with Crippen LogP contribution in [0.5, 0.6) is 0 Å². The highest BCUT2D eigenvalue weighted by Crippen LogP contribution is 2.14. The van der Waals surface area contributed by atoms with Crippen LogP contribution >= 0.6 is 8.58 Å². The molecule has 59 valence electrons. The van der Waals surface area contributed by atoms with Crippen molar-refractivity contribution >= 4 is 17.0 Å². The van der Waals surface area contributed by atoms with Crippen LogP contribution in [0.4, 0.5) is 0 Å². The Kier molecular flexibility index (Phi) is 16.0. The van der Waals surface area contributed by atoms with Crippen LogP contribution < -0.4 is 0 Å². The van der Waals surface area contributed by atoms with Crippen LogP contribution in [0.1, 0.15) is 39.5 Å². The van der Waals surface area contributed by atoms with Gasteiger partial charge in [-0.2, -0.15) is 0 Å². The number of rotatable bonds is 6. The lowest BCUT2D eigenvalue weighted by molar-refractivity contribution is 0.874. The highest BCUT2D eigenvalue weighted by atomic mass is 31.1. The van der Waals surface area contributed by atoms with Crippen LogP contribution in [0.2, 0.25) is 0 Å². The molecule has 10 heavy (non-hydrogen) atoms. The Balaban J connectivity index is 0. The zero-order chi connectivity index (χ0) is 6.95. The molecule has 0 unspecified atom stereocenters. The number of hydrogen-bond acceptors (Lipinski definition) is 0. The minimum atomic E-state index is 0. The molecular formula is C8H19BP. The average Bonchev–Trinajstić information content (AvgIpc) is 1.89. The average molecular weight is 157 g/mol. The first-order valence-corrected chi connectivity index (χ1v) is 5.54. The molecule has 0 N–H and O–H groups in total. The minimum Gasteiger partial charge on any atom is -0.122 e. The molecule has 0 spiro atoms. The molecule has 0 aromatic heterocycles. The maximum atomic E-state index is 2.27. The maximum Gasteiger partial charge on any atom is 0 e. The molecular weight excluding hydrogens is 138 g/mol. The summed E-state index contributed by atoms with van der Waals surface area (Å²) in [7, 11) is 1.25. The van der Waals surface area contributed by atoms with Gasteiger partial charge in [-0.05, 0) is 25.2 Å². The van der Waals surface area contributed by atoms with Gasteiger partial charge in [0.2, 0.25) is 0 Å². The van der Waals surface area contributed by atoms with Crippen molar-refractivity contribution in [2.75, 3.05) is 12.3 Å². The molecule has 0 amide bonds. The van der Waals surface area contributed by atoms with E-state index in [1.54, 1.807) is 0 Å². The summed E-state index contributed by atoms with van der Waals surface area (Å²) in [6.07, 6.45) is 8.61. The van der Waals surface area contributed by atoms with E-state index in [9.17, 15) is 0 Å². The zero-order valence-electron chi connectivity index (χ0n) is 7.32. The first-order valence-electron chi connectivity index (χ1n) is 4.12. The summed E-state index contributed by atoms with van der Waals surface area (Å²) in [5.41, 5.74) is 0. The van der Waals surface area contributed by atoms with Gasteiger partial charge >= 0.3 is 0 Å². The molecule has 0 nitrogen and oxygen atoms in total. The van der Waals surface area contributed by atoms with Crippen molar-refractivity contribution in [2.45, 2.75) is 39.5 Å². The van der Waals surface area contributed by atoms with Gasteiger partial charge in [0.15, 0.2) is 0 Å². The lowest BCUT2D eigenvalue weighted by Crippen LogP contribution is -1.78. The van der Waals surface area contributed by atoms with E-state index in [2.05, 4.69) is 13.8 Å². The summed E-state index contributed by atoms with van der Waals surface area (Å²) in [6.45, 7) is 4.54. The molecule has 0 saturated carbocycles. The summed E-state index contributed by atoms with van der Waals surface area (Å²) >= 11 is 0. The summed E-state index contributed by atoms with van der Waals surface area (Å²) in [6, 6.07) is 0. The number of unbranched alkanes of at least 4 members (excludes halogenated alkanes) is 2. The van der Waals surface area contributed by atoms with Crippen LogP contribution in [0.3, 0.4) is 0 Å². The van der Waals surface area contributed by atoms with E-state index in [0.29, 0.717) is 0 Å². The fraction of sp³-hybridized carbons (Fsp3) is 1.00. The predicted octanol–water partition coefficient (Wildman–Crippen LogP) is 2.88. The third-order valence-electron chi connectivity index (χ3n) is 1.41. The zero-order valence-corrected chi connectivity index (χ0v) is 8.32. The number of hydrogen-bond donors (Lipinski definition) is 0. The Hall–Kier alpha value is 0.495. The fourth-order valence-electron chi connectivity index (χ4n) is 0.729. The third kappa shape index (κ3) is 11.3. The van der Waals surface area contributed by atoms with Crippen LogP contribution in [0.25, 0.3) is 0 Å². The molecule has 3 radical (unpaired) electrons. The second-order valence-electron chi connectivity index (χ2n) is 2.46. The Labute approximate surface area is 69.5 Å². The molecule has 0 aromatic rings. The predicted molar refractivity (Wildman–Crippen MR) is 53.6 cm³/mol. The van der Waals surface area contributed by atoms with Crippen molar-refractivity contribution in [3.05, 3.63) is 0 Å². The van der Waals surface area contributed by atoms with E-state index in [4.69, 9.17) is 0 Å². The van der Waals surface area contributed by atoms with E-state index in [0.717, 1.165) is 0 Å². The van der Waals surface area contributed by atoms with Gasteiger partial charge < -0.3 is 0 Å². The first-order chi connectivity index (χ1) is 4.41. The summed E-state index contributed by atoms with van der Waals surface area (Å²) in [5, 5.41) is 0. The van der Waals surface area contributed by atoms with Crippen molar-refractivity contribution in [2.24, 2.45) is 0 Å². The Morgan fingerprint density at radius 2 is 1.30 bits per heavy atom. The lowest BCUT2D eigenvalue weighted by atomic mass is 10.4. The molecule has 0 bridgehead atoms. The highest BCUT2D eigenvalue weighted by Gasteiger charge is 1.85. The van der Waals surface area contributed by atoms with Crippen LogP contribution in [-0.2, 0) is 0 Å². The van der Waals surface area contributed by atoms with Crippen molar-refractivity contribution in [3.8, 4) is 0 Å². The quantitative estimate of drug-likeness (QED) is 0.316. The fourth-order valence-corrected chi connectivity index (χ4v) is 2.19. The molecule has 0 fully saturated rings. The van der Waals surface area contributed by atoms with Gasteiger partial charge in [0.05, 0.1) is 0 Å². The smallest absolute Gasteiger partial charge is 0 e. The van der Waals surface area contributed by atoms with Crippen LogP contribution in [0, 0.1) is 0 Å². The van der Waals surface area contributed by atoms with Crippen molar-refractivity contribution in [3.63, 3.8) is 0 Å². The van der Waals surface area contributed by atoms with Gasteiger partial charge in [0.1, 0.15) is 0 Å². The lowest BCUT2D eigenvalue weighted by Gasteiger charge is -1.96. The van der Waals surface area contributed by atoms with Gasteiger partial charge in [-0.3, -0.25) is 0 Å². The monoisotopic (exact) mass is 157 g/mol. The van der Waals surface area contributed by atoms with Crippen molar-refractivity contribution in [1.82, 2.24) is 0 Å². The van der Waals surface area contributed by atoms with Gasteiger partial charge in [0, 0.05) is 8.41 Å². The van der Waals surface area contributed by atoms with Gasteiger partial charge in [-0.15, -0.1) is 8.58 Å². The Bertz CT molecular complexity index is 42.5. The minimum absolute atomic E-state index is 0. The van der Waals surface area contributed by atoms with E-state index in [1.165, 1.54) is 46.6 Å². The van der Waals surface area contributed by atoms with Gasteiger partial charge in [0.25, 0.3) is 0 Å². The van der Waals surface area contributed by atoms with Crippen molar-refractivity contribution in [1.29, 1.82) is 0 Å².